The van der Waals surface area contributed by atoms with Crippen LogP contribution in [0.1, 0.15) is 11.1 Å². The number of nitrogens with one attached hydrogen (secondary N) is 2. The largest absolute Gasteiger partial charge is 0.493 e. The lowest BCUT2D eigenvalue weighted by molar-refractivity contribution is 0.356. The highest BCUT2D eigenvalue weighted by Gasteiger charge is 2.21. The first kappa shape index (κ1) is 17.6. The summed E-state index contributed by atoms with van der Waals surface area (Å²) >= 11 is 0. The van der Waals surface area contributed by atoms with Crippen LogP contribution in [0.3, 0.4) is 0 Å². The van der Waals surface area contributed by atoms with E-state index < -0.39 is 10.0 Å². The van der Waals surface area contributed by atoms with Crippen LogP contribution in [0.4, 0.5) is 5.69 Å². The van der Waals surface area contributed by atoms with Crippen LogP contribution in [0.5, 0.6) is 5.75 Å². The lowest BCUT2D eigenvalue weighted by atomic mass is 10.1. The van der Waals surface area contributed by atoms with E-state index in [4.69, 9.17) is 9.15 Å². The first-order valence-corrected chi connectivity index (χ1v) is 10.1. The zero-order chi connectivity index (χ0) is 18.9. The molecule has 0 radical (unpaired) electrons. The lowest BCUT2D eigenvalue weighted by Crippen LogP contribution is -2.14. The molecule has 7 heteroatoms. The summed E-state index contributed by atoms with van der Waals surface area (Å²) in [7, 11) is -1.90. The molecule has 27 heavy (non-hydrogen) atoms. The fourth-order valence-corrected chi connectivity index (χ4v) is 4.29. The van der Waals surface area contributed by atoms with Crippen LogP contribution in [-0.2, 0) is 23.0 Å². The van der Waals surface area contributed by atoms with E-state index in [9.17, 15) is 8.42 Å². The molecule has 1 aromatic heterocycles. The van der Waals surface area contributed by atoms with Gasteiger partial charge < -0.3 is 14.5 Å². The van der Waals surface area contributed by atoms with Gasteiger partial charge in [-0.15, -0.1) is 0 Å². The van der Waals surface area contributed by atoms with Crippen molar-refractivity contribution < 1.29 is 17.6 Å². The molecule has 0 saturated carbocycles. The number of benzene rings is 2. The van der Waals surface area contributed by atoms with Crippen LogP contribution >= 0.6 is 0 Å². The van der Waals surface area contributed by atoms with E-state index >= 15 is 0 Å². The molecule has 0 aliphatic carbocycles. The van der Waals surface area contributed by atoms with E-state index in [1.807, 2.05) is 25.2 Å². The summed E-state index contributed by atoms with van der Waals surface area (Å²) in [5.74, 6) is 1.35. The third-order valence-electron chi connectivity index (χ3n) is 4.47. The molecule has 0 saturated heterocycles. The molecule has 2 heterocycles. The highest BCUT2D eigenvalue weighted by atomic mass is 32.2. The highest BCUT2D eigenvalue weighted by Crippen LogP contribution is 2.33. The number of ether oxygens (including phenoxy) is 1. The van der Waals surface area contributed by atoms with Gasteiger partial charge >= 0.3 is 0 Å². The number of anilines is 1. The summed E-state index contributed by atoms with van der Waals surface area (Å²) in [6.45, 7) is 1.21. The van der Waals surface area contributed by atoms with Gasteiger partial charge in [0.15, 0.2) is 0 Å². The van der Waals surface area contributed by atoms with Crippen molar-refractivity contribution in [3.05, 3.63) is 65.9 Å². The van der Waals surface area contributed by atoms with Gasteiger partial charge in [-0.1, -0.05) is 6.07 Å². The van der Waals surface area contributed by atoms with Crippen molar-refractivity contribution in [2.45, 2.75) is 17.9 Å². The molecule has 2 aromatic carbocycles. The third kappa shape index (κ3) is 3.56. The van der Waals surface area contributed by atoms with Gasteiger partial charge in [0.2, 0.25) is 0 Å². The van der Waals surface area contributed by atoms with E-state index in [0.717, 1.165) is 16.9 Å². The van der Waals surface area contributed by atoms with E-state index in [1.54, 1.807) is 36.6 Å². The van der Waals surface area contributed by atoms with Crippen molar-refractivity contribution >= 4 is 15.7 Å². The van der Waals surface area contributed by atoms with E-state index in [-0.39, 0.29) is 4.90 Å². The molecule has 1 aliphatic rings. The molecule has 0 amide bonds. The Bertz CT molecular complexity index is 1060. The molecule has 0 fully saturated rings. The zero-order valence-corrected chi connectivity index (χ0v) is 15.7. The van der Waals surface area contributed by atoms with Crippen molar-refractivity contribution in [2.75, 3.05) is 18.4 Å². The molecular weight excluding hydrogens is 364 g/mol. The zero-order valence-electron chi connectivity index (χ0n) is 14.9. The molecule has 3 aromatic rings. The van der Waals surface area contributed by atoms with Crippen molar-refractivity contribution in [1.82, 2.24) is 5.32 Å². The Morgan fingerprint density at radius 3 is 2.78 bits per heavy atom. The summed E-state index contributed by atoms with van der Waals surface area (Å²) in [4.78, 5) is 0.219. The minimum absolute atomic E-state index is 0.219. The van der Waals surface area contributed by atoms with Gasteiger partial charge in [-0.2, -0.15) is 0 Å². The molecule has 6 nitrogen and oxygen atoms in total. The van der Waals surface area contributed by atoms with Crippen molar-refractivity contribution in [1.29, 1.82) is 0 Å². The average Bonchev–Trinajstić information content (AvgIpc) is 3.33. The van der Waals surface area contributed by atoms with E-state index in [0.29, 0.717) is 36.6 Å². The summed E-state index contributed by atoms with van der Waals surface area (Å²) in [6, 6.07) is 14.2. The summed E-state index contributed by atoms with van der Waals surface area (Å²) in [5.41, 5.74) is 3.04. The molecule has 0 unspecified atom stereocenters. The van der Waals surface area contributed by atoms with Gasteiger partial charge in [-0.25, -0.2) is 8.42 Å². The fourth-order valence-electron chi connectivity index (χ4n) is 3.17. The monoisotopic (exact) mass is 384 g/mol. The van der Waals surface area contributed by atoms with Crippen LogP contribution < -0.4 is 14.8 Å². The molecule has 0 atom stereocenters. The minimum atomic E-state index is -3.75. The van der Waals surface area contributed by atoms with Crippen LogP contribution in [0.2, 0.25) is 0 Å². The van der Waals surface area contributed by atoms with Gasteiger partial charge in [0.25, 0.3) is 10.0 Å². The van der Waals surface area contributed by atoms with Crippen molar-refractivity contribution in [3.63, 3.8) is 0 Å². The van der Waals surface area contributed by atoms with Crippen molar-refractivity contribution in [2.24, 2.45) is 0 Å². The molecule has 4 rings (SSSR count). The van der Waals surface area contributed by atoms with Gasteiger partial charge in [-0.3, -0.25) is 4.72 Å². The van der Waals surface area contributed by atoms with E-state index in [2.05, 4.69) is 10.0 Å². The van der Waals surface area contributed by atoms with E-state index in [1.165, 1.54) is 0 Å². The molecular formula is C20H20N2O4S. The fraction of sp³-hybridized carbons (Fsp3) is 0.200. The number of hydrogen-bond acceptors (Lipinski definition) is 5. The topological polar surface area (TPSA) is 80.6 Å². The normalized spacial score (nSPS) is 13.2. The molecule has 0 spiro atoms. The Balaban J connectivity index is 1.72. The second-order valence-corrected chi connectivity index (χ2v) is 8.04. The Hall–Kier alpha value is -2.77. The van der Waals surface area contributed by atoms with Gasteiger partial charge in [0.1, 0.15) is 11.5 Å². The van der Waals surface area contributed by atoms with Gasteiger partial charge in [0.05, 0.1) is 23.5 Å². The Morgan fingerprint density at radius 2 is 2.00 bits per heavy atom. The average molecular weight is 384 g/mol. The summed E-state index contributed by atoms with van der Waals surface area (Å²) in [5, 5.41) is 3.07. The van der Waals surface area contributed by atoms with Crippen LogP contribution in [-0.4, -0.2) is 22.1 Å². The second kappa shape index (κ2) is 7.09. The predicted molar refractivity (Wildman–Crippen MR) is 103 cm³/mol. The first-order valence-electron chi connectivity index (χ1n) is 8.67. The number of hydrogen-bond donors (Lipinski definition) is 2. The maximum absolute atomic E-state index is 13.0. The highest BCUT2D eigenvalue weighted by molar-refractivity contribution is 7.92. The van der Waals surface area contributed by atoms with Crippen LogP contribution in [0, 0.1) is 0 Å². The number of sulfonamides is 1. The molecule has 0 bridgehead atoms. The number of furan rings is 1. The lowest BCUT2D eigenvalue weighted by Gasteiger charge is -2.14. The Labute approximate surface area is 158 Å². The smallest absolute Gasteiger partial charge is 0.261 e. The predicted octanol–water partition coefficient (Wildman–Crippen LogP) is 3.40. The molecule has 140 valence electrons. The van der Waals surface area contributed by atoms with Crippen molar-refractivity contribution in [3.8, 4) is 17.1 Å². The van der Waals surface area contributed by atoms with Gasteiger partial charge in [0, 0.05) is 18.5 Å². The minimum Gasteiger partial charge on any atom is -0.493 e. The van der Waals surface area contributed by atoms with Crippen LogP contribution in [0.25, 0.3) is 11.3 Å². The Kier molecular flexibility index (Phi) is 4.63. The summed E-state index contributed by atoms with van der Waals surface area (Å²) < 4.78 is 39.6. The standard InChI is InChI=1S/C20H20N2O4S/c1-21-13-14-4-6-17(20-3-2-9-25-20)18(11-14)22-27(23,24)16-5-7-19-15(12-16)8-10-26-19/h2-7,9,11-12,21-22H,8,10,13H2,1H3. The third-order valence-corrected chi connectivity index (χ3v) is 5.83. The SMILES string of the molecule is CNCc1ccc(-c2ccco2)c(NS(=O)(=O)c2ccc3c(c2)CCO3)c1. The first-order chi connectivity index (χ1) is 13.1. The van der Waals surface area contributed by atoms with Gasteiger partial charge in [-0.05, 0) is 60.6 Å². The molecule has 1 aliphatic heterocycles. The number of rotatable bonds is 6. The van der Waals surface area contributed by atoms with Crippen LogP contribution in [0.15, 0.2) is 64.1 Å². The second-order valence-electron chi connectivity index (χ2n) is 6.36. The quantitative estimate of drug-likeness (QED) is 0.681. The summed E-state index contributed by atoms with van der Waals surface area (Å²) in [6.07, 6.45) is 2.28. The maximum atomic E-state index is 13.0. The molecule has 2 N–H and O–H groups in total. The Morgan fingerprint density at radius 1 is 1.11 bits per heavy atom. The maximum Gasteiger partial charge on any atom is 0.261 e. The number of fused-ring (bicyclic) bond motifs is 1.